The molecule has 0 radical (unpaired) electrons. The number of phosphoric acid groups is 1. The van der Waals surface area contributed by atoms with Crippen LogP contribution in [0.1, 0.15) is 129 Å². The molecule has 0 aromatic rings. The minimum Gasteiger partial charge on any atom is -0.462 e. The van der Waals surface area contributed by atoms with Gasteiger partial charge in [-0.15, -0.1) is 0 Å². The van der Waals surface area contributed by atoms with E-state index in [1.165, 1.54) is 38.5 Å². The van der Waals surface area contributed by atoms with E-state index in [1.54, 1.807) is 0 Å². The molecule has 0 aromatic heterocycles. The van der Waals surface area contributed by atoms with Gasteiger partial charge in [-0.2, -0.15) is 0 Å². The zero-order valence-corrected chi connectivity index (χ0v) is 30.1. The normalized spacial score (nSPS) is 14.2. The van der Waals surface area contributed by atoms with Crippen molar-refractivity contribution in [3.63, 3.8) is 0 Å². The van der Waals surface area contributed by atoms with Crippen LogP contribution >= 0.6 is 7.82 Å². The van der Waals surface area contributed by atoms with Crippen LogP contribution in [0, 0.1) is 0 Å². The lowest BCUT2D eigenvalue weighted by Gasteiger charge is -2.19. The zero-order chi connectivity index (χ0) is 34.7. The lowest BCUT2D eigenvalue weighted by molar-refractivity contribution is -0.161. The molecule has 0 amide bonds. The van der Waals surface area contributed by atoms with Gasteiger partial charge in [-0.25, -0.2) is 4.57 Å². The molecule has 0 aliphatic carbocycles. The van der Waals surface area contributed by atoms with Crippen LogP contribution in [0.2, 0.25) is 0 Å². The smallest absolute Gasteiger partial charge is 0.462 e. The average molecular weight is 682 g/mol. The van der Waals surface area contributed by atoms with Crippen molar-refractivity contribution >= 4 is 19.8 Å². The summed E-state index contributed by atoms with van der Waals surface area (Å²) < 4.78 is 32.5. The third-order valence-corrected chi connectivity index (χ3v) is 7.90. The second-order valence-corrected chi connectivity index (χ2v) is 12.8. The SMILES string of the molecule is CC/C=C\C/C=C\C/C=C\C/C=C\C/C=C\CCCC(=O)O[C@H](COC(=O)CCCCCCCCCCC)COP(=O)(O)OCCN. The maximum atomic E-state index is 12.5. The van der Waals surface area contributed by atoms with Gasteiger partial charge >= 0.3 is 19.8 Å². The van der Waals surface area contributed by atoms with E-state index in [0.29, 0.717) is 12.8 Å². The lowest BCUT2D eigenvalue weighted by Crippen LogP contribution is -2.29. The molecule has 0 bridgehead atoms. The van der Waals surface area contributed by atoms with Gasteiger partial charge < -0.3 is 20.1 Å². The minimum absolute atomic E-state index is 0.0423. The van der Waals surface area contributed by atoms with E-state index in [2.05, 4.69) is 68.5 Å². The van der Waals surface area contributed by atoms with Crippen LogP contribution < -0.4 is 5.73 Å². The molecule has 0 aliphatic rings. The molecule has 1 unspecified atom stereocenters. The predicted octanol–water partition coefficient (Wildman–Crippen LogP) is 9.38. The molecule has 0 aliphatic heterocycles. The number of hydrogen-bond acceptors (Lipinski definition) is 8. The van der Waals surface area contributed by atoms with Crippen molar-refractivity contribution in [3.05, 3.63) is 60.8 Å². The third-order valence-electron chi connectivity index (χ3n) is 6.92. The van der Waals surface area contributed by atoms with Crippen molar-refractivity contribution in [1.82, 2.24) is 0 Å². The lowest BCUT2D eigenvalue weighted by atomic mass is 10.1. The van der Waals surface area contributed by atoms with E-state index >= 15 is 0 Å². The molecule has 9 nitrogen and oxygen atoms in total. The first-order valence-corrected chi connectivity index (χ1v) is 19.3. The molecular formula is C37H64NO8P. The number of rotatable bonds is 32. The van der Waals surface area contributed by atoms with Crippen LogP contribution in [0.4, 0.5) is 0 Å². The number of ether oxygens (including phenoxy) is 2. The van der Waals surface area contributed by atoms with E-state index in [4.69, 9.17) is 24.3 Å². The van der Waals surface area contributed by atoms with E-state index in [-0.39, 0.29) is 32.6 Å². The van der Waals surface area contributed by atoms with Gasteiger partial charge in [0.2, 0.25) is 0 Å². The Morgan fingerprint density at radius 3 is 1.72 bits per heavy atom. The molecule has 0 fully saturated rings. The first-order valence-electron chi connectivity index (χ1n) is 17.8. The topological polar surface area (TPSA) is 134 Å². The van der Waals surface area contributed by atoms with Crippen molar-refractivity contribution < 1.29 is 37.6 Å². The Balaban J connectivity index is 4.38. The monoisotopic (exact) mass is 681 g/mol. The van der Waals surface area contributed by atoms with Gasteiger partial charge in [-0.3, -0.25) is 18.6 Å². The van der Waals surface area contributed by atoms with Crippen molar-refractivity contribution in [2.24, 2.45) is 5.73 Å². The second-order valence-electron chi connectivity index (χ2n) is 11.4. The summed E-state index contributed by atoms with van der Waals surface area (Å²) in [6, 6.07) is 0. The molecule has 0 rings (SSSR count). The molecule has 270 valence electrons. The first kappa shape index (κ1) is 44.7. The zero-order valence-electron chi connectivity index (χ0n) is 29.2. The molecule has 0 saturated carbocycles. The van der Waals surface area contributed by atoms with E-state index in [9.17, 15) is 19.0 Å². The number of allylic oxidation sites excluding steroid dienone is 10. The summed E-state index contributed by atoms with van der Waals surface area (Å²) in [5, 5.41) is 0. The van der Waals surface area contributed by atoms with Crippen LogP contribution in [0.3, 0.4) is 0 Å². The van der Waals surface area contributed by atoms with Crippen molar-refractivity contribution in [3.8, 4) is 0 Å². The number of nitrogens with two attached hydrogens (primary N) is 1. The van der Waals surface area contributed by atoms with E-state index in [0.717, 1.165) is 51.4 Å². The molecule has 0 heterocycles. The highest BCUT2D eigenvalue weighted by atomic mass is 31.2. The maximum Gasteiger partial charge on any atom is 0.472 e. The maximum absolute atomic E-state index is 12.5. The van der Waals surface area contributed by atoms with Gasteiger partial charge in [0.1, 0.15) is 6.61 Å². The average Bonchev–Trinajstić information content (AvgIpc) is 3.05. The molecular weight excluding hydrogens is 617 g/mol. The summed E-state index contributed by atoms with van der Waals surface area (Å²) in [6.45, 7) is 3.49. The highest BCUT2D eigenvalue weighted by molar-refractivity contribution is 7.47. The molecule has 0 aromatic carbocycles. The van der Waals surface area contributed by atoms with Gasteiger partial charge in [-0.1, -0.05) is 126 Å². The minimum atomic E-state index is -4.38. The molecule has 0 spiro atoms. The number of unbranched alkanes of at least 4 members (excludes halogenated alkanes) is 9. The van der Waals surface area contributed by atoms with Gasteiger partial charge in [0.25, 0.3) is 0 Å². The summed E-state index contributed by atoms with van der Waals surface area (Å²) in [5.74, 6) is -0.907. The summed E-state index contributed by atoms with van der Waals surface area (Å²) in [5.41, 5.74) is 5.31. The molecule has 47 heavy (non-hydrogen) atoms. The Morgan fingerprint density at radius 1 is 0.660 bits per heavy atom. The first-order chi connectivity index (χ1) is 22.8. The highest BCUT2D eigenvalue weighted by Crippen LogP contribution is 2.43. The standard InChI is InChI=1S/C37H64NO8P/c1-3-5-7-9-11-13-14-15-16-17-18-19-20-22-24-26-28-30-37(40)46-35(34-45-47(41,42)44-32-31-38)33-43-36(39)29-27-25-23-21-12-10-8-6-4-2/h5,7,11,13,15-16,18-19,22,24,35H,3-4,6,8-10,12,14,17,20-21,23,25-34,38H2,1-2H3,(H,41,42)/b7-5-,13-11-,16-15-,19-18-,24-22-/t35-/m1/s1. The van der Waals surface area contributed by atoms with Crippen molar-refractivity contribution in [2.45, 2.75) is 136 Å². The Hall–Kier alpha value is -2.29. The quantitative estimate of drug-likeness (QED) is 0.0308. The molecule has 3 N–H and O–H groups in total. The summed E-state index contributed by atoms with van der Waals surface area (Å²) >= 11 is 0. The van der Waals surface area contributed by atoms with Gasteiger partial charge in [-0.05, 0) is 51.4 Å². The largest absolute Gasteiger partial charge is 0.472 e. The highest BCUT2D eigenvalue weighted by Gasteiger charge is 2.25. The van der Waals surface area contributed by atoms with Gasteiger partial charge in [0.15, 0.2) is 6.10 Å². The number of carbonyl (C=O) groups excluding carboxylic acids is 2. The molecule has 10 heteroatoms. The third kappa shape index (κ3) is 33.4. The fourth-order valence-corrected chi connectivity index (χ4v) is 5.08. The molecule has 0 saturated heterocycles. The number of hydrogen-bond donors (Lipinski definition) is 2. The molecule has 2 atom stereocenters. The predicted molar refractivity (Wildman–Crippen MR) is 192 cm³/mol. The van der Waals surface area contributed by atoms with Crippen molar-refractivity contribution in [1.29, 1.82) is 0 Å². The van der Waals surface area contributed by atoms with E-state index < -0.39 is 32.5 Å². The fraction of sp³-hybridized carbons (Fsp3) is 0.676. The summed E-state index contributed by atoms with van der Waals surface area (Å²) in [4.78, 5) is 34.5. The Labute approximate surface area is 285 Å². The van der Waals surface area contributed by atoms with Crippen LogP contribution in [-0.4, -0.2) is 49.3 Å². The van der Waals surface area contributed by atoms with Crippen LogP contribution in [0.15, 0.2) is 60.8 Å². The van der Waals surface area contributed by atoms with Crippen LogP contribution in [-0.2, 0) is 32.7 Å². The second kappa shape index (κ2) is 33.6. The summed E-state index contributed by atoms with van der Waals surface area (Å²) in [7, 11) is -4.38. The number of esters is 2. The van der Waals surface area contributed by atoms with Crippen LogP contribution in [0.25, 0.3) is 0 Å². The Morgan fingerprint density at radius 2 is 1.17 bits per heavy atom. The van der Waals surface area contributed by atoms with Crippen LogP contribution in [0.5, 0.6) is 0 Å². The number of phosphoric ester groups is 1. The Kier molecular flexibility index (Phi) is 32.0. The summed E-state index contributed by atoms with van der Waals surface area (Å²) in [6.07, 6.45) is 37.0. The van der Waals surface area contributed by atoms with Crippen molar-refractivity contribution in [2.75, 3.05) is 26.4 Å². The number of carbonyl (C=O) groups is 2. The van der Waals surface area contributed by atoms with Gasteiger partial charge in [0, 0.05) is 19.4 Å². The van der Waals surface area contributed by atoms with Gasteiger partial charge in [0.05, 0.1) is 13.2 Å². The van der Waals surface area contributed by atoms with E-state index in [1.807, 2.05) is 6.08 Å². The Bertz CT molecular complexity index is 960. The fourth-order valence-electron chi connectivity index (χ4n) is 4.31.